The number of methoxy groups -OCH3 is 1. The molecule has 112 valence electrons. The zero-order valence-corrected chi connectivity index (χ0v) is 13.1. The molecule has 0 aliphatic rings. The molecule has 0 unspecified atom stereocenters. The number of hydrogen-bond donors (Lipinski definition) is 1. The average molecular weight is 306 g/mol. The highest BCUT2D eigenvalue weighted by atomic mass is 32.1. The van der Waals surface area contributed by atoms with E-state index in [1.54, 1.807) is 7.11 Å². The van der Waals surface area contributed by atoms with Crippen molar-refractivity contribution in [1.29, 1.82) is 0 Å². The van der Waals surface area contributed by atoms with Crippen LogP contribution in [0.1, 0.15) is 28.7 Å². The van der Waals surface area contributed by atoms with Crippen LogP contribution in [0.2, 0.25) is 0 Å². The Bertz CT molecular complexity index is 640. The van der Waals surface area contributed by atoms with Crippen LogP contribution in [0.3, 0.4) is 0 Å². The molecule has 0 amide bonds. The van der Waals surface area contributed by atoms with Crippen molar-refractivity contribution in [2.75, 3.05) is 19.1 Å². The number of hydrogen-bond acceptors (Lipinski definition) is 5. The van der Waals surface area contributed by atoms with E-state index in [1.807, 2.05) is 43.1 Å². The lowest BCUT2D eigenvalue weighted by atomic mass is 10.2. The van der Waals surface area contributed by atoms with E-state index in [4.69, 9.17) is 4.74 Å². The predicted octanol–water partition coefficient (Wildman–Crippen LogP) is 3.57. The maximum Gasteiger partial charge on any atom is 0.347 e. The van der Waals surface area contributed by atoms with Crippen molar-refractivity contribution in [2.45, 2.75) is 19.8 Å². The van der Waals surface area contributed by atoms with Crippen LogP contribution in [-0.2, 0) is 6.42 Å². The molecule has 21 heavy (non-hydrogen) atoms. The summed E-state index contributed by atoms with van der Waals surface area (Å²) in [4.78, 5) is 18.0. The van der Waals surface area contributed by atoms with Crippen LogP contribution >= 0.6 is 11.3 Å². The molecule has 2 aromatic rings. The zero-order chi connectivity index (χ0) is 15.4. The molecule has 1 heterocycles. The summed E-state index contributed by atoms with van der Waals surface area (Å²) in [5.74, 6) is -0.195. The number of aryl methyl sites for hydroxylation is 1. The van der Waals surface area contributed by atoms with Crippen molar-refractivity contribution in [3.05, 3.63) is 34.8 Å². The molecule has 0 aliphatic heterocycles. The van der Waals surface area contributed by atoms with Crippen molar-refractivity contribution in [3.8, 4) is 5.75 Å². The molecule has 1 N–H and O–H groups in total. The molecule has 0 saturated carbocycles. The minimum absolute atomic E-state index is 0.314. The minimum Gasteiger partial charge on any atom is -0.495 e. The van der Waals surface area contributed by atoms with E-state index in [0.717, 1.165) is 17.9 Å². The third-order valence-electron chi connectivity index (χ3n) is 3.10. The van der Waals surface area contributed by atoms with Gasteiger partial charge in [0, 0.05) is 7.05 Å². The van der Waals surface area contributed by atoms with E-state index in [-0.39, 0.29) is 0 Å². The fourth-order valence-electron chi connectivity index (χ4n) is 2.07. The van der Waals surface area contributed by atoms with E-state index < -0.39 is 5.97 Å². The lowest BCUT2D eigenvalue weighted by molar-refractivity contribution is 0.0700. The fourth-order valence-corrected chi connectivity index (χ4v) is 2.99. The fraction of sp³-hybridized carbons (Fsp3) is 0.333. The largest absolute Gasteiger partial charge is 0.495 e. The average Bonchev–Trinajstić information content (AvgIpc) is 2.91. The number of rotatable bonds is 6. The highest BCUT2D eigenvalue weighted by Crippen LogP contribution is 2.35. The van der Waals surface area contributed by atoms with Crippen molar-refractivity contribution in [2.24, 2.45) is 0 Å². The summed E-state index contributed by atoms with van der Waals surface area (Å²) >= 11 is 1.19. The van der Waals surface area contributed by atoms with Gasteiger partial charge in [-0.1, -0.05) is 36.8 Å². The molecule has 0 aliphatic carbocycles. The van der Waals surface area contributed by atoms with Gasteiger partial charge in [-0.15, -0.1) is 0 Å². The van der Waals surface area contributed by atoms with Gasteiger partial charge >= 0.3 is 5.97 Å². The summed E-state index contributed by atoms with van der Waals surface area (Å²) in [5, 5.41) is 9.94. The Labute approximate surface area is 127 Å². The number of para-hydroxylation sites is 2. The number of ether oxygens (including phenoxy) is 1. The van der Waals surface area contributed by atoms with Gasteiger partial charge in [0.15, 0.2) is 5.13 Å². The molecule has 6 heteroatoms. The van der Waals surface area contributed by atoms with Crippen LogP contribution in [0.25, 0.3) is 0 Å². The first kappa shape index (κ1) is 15.3. The third kappa shape index (κ3) is 3.16. The molecule has 0 fully saturated rings. The molecule has 0 saturated heterocycles. The van der Waals surface area contributed by atoms with Crippen LogP contribution < -0.4 is 9.64 Å². The van der Waals surface area contributed by atoms with Crippen LogP contribution in [0.5, 0.6) is 5.75 Å². The second-order valence-corrected chi connectivity index (χ2v) is 5.54. The van der Waals surface area contributed by atoms with Gasteiger partial charge in [-0.2, -0.15) is 0 Å². The van der Waals surface area contributed by atoms with E-state index in [2.05, 4.69) is 4.98 Å². The number of carboxylic acid groups (broad SMARTS) is 1. The standard InChI is InChI=1S/C15H18N2O3S/c1-4-7-10-13(14(18)19)21-15(16-10)17(2)11-8-5-6-9-12(11)20-3/h5-6,8-9H,4,7H2,1-3H3,(H,18,19). The van der Waals surface area contributed by atoms with Crippen molar-refractivity contribution in [3.63, 3.8) is 0 Å². The number of thiazole rings is 1. The minimum atomic E-state index is -0.921. The first-order chi connectivity index (χ1) is 10.1. The van der Waals surface area contributed by atoms with E-state index in [0.29, 0.717) is 22.1 Å². The number of anilines is 2. The Hall–Kier alpha value is -2.08. The molecule has 1 aromatic heterocycles. The smallest absolute Gasteiger partial charge is 0.347 e. The molecule has 0 atom stereocenters. The summed E-state index contributed by atoms with van der Waals surface area (Å²) in [6.07, 6.45) is 1.53. The monoisotopic (exact) mass is 306 g/mol. The van der Waals surface area contributed by atoms with Crippen molar-refractivity contribution >= 4 is 28.1 Å². The third-order valence-corrected chi connectivity index (χ3v) is 4.26. The van der Waals surface area contributed by atoms with Gasteiger partial charge in [-0.3, -0.25) is 0 Å². The Balaban J connectivity index is 2.41. The first-order valence-corrected chi connectivity index (χ1v) is 7.49. The molecule has 2 rings (SSSR count). The van der Waals surface area contributed by atoms with Gasteiger partial charge < -0.3 is 14.7 Å². The SMILES string of the molecule is CCCc1nc(N(C)c2ccccc2OC)sc1C(=O)O. The van der Waals surface area contributed by atoms with Gasteiger partial charge in [-0.05, 0) is 18.6 Å². The van der Waals surface area contributed by atoms with Gasteiger partial charge in [0.25, 0.3) is 0 Å². The Morgan fingerprint density at radius 3 is 2.76 bits per heavy atom. The second kappa shape index (κ2) is 6.58. The van der Waals surface area contributed by atoms with Crippen LogP contribution in [0, 0.1) is 0 Å². The molecule has 5 nitrogen and oxygen atoms in total. The number of nitrogens with zero attached hydrogens (tertiary/aromatic N) is 2. The molecular weight excluding hydrogens is 288 g/mol. The maximum absolute atomic E-state index is 11.3. The number of aromatic nitrogens is 1. The van der Waals surface area contributed by atoms with Gasteiger partial charge in [0.05, 0.1) is 18.5 Å². The zero-order valence-electron chi connectivity index (χ0n) is 12.3. The quantitative estimate of drug-likeness (QED) is 0.884. The summed E-state index contributed by atoms with van der Waals surface area (Å²) in [6.45, 7) is 2.01. The molecular formula is C15H18N2O3S. The summed E-state index contributed by atoms with van der Waals surface area (Å²) in [7, 11) is 3.47. The van der Waals surface area contributed by atoms with Crippen LogP contribution in [0.15, 0.2) is 24.3 Å². The Morgan fingerprint density at radius 2 is 2.14 bits per heavy atom. The predicted molar refractivity (Wildman–Crippen MR) is 84.1 cm³/mol. The van der Waals surface area contributed by atoms with Crippen molar-refractivity contribution < 1.29 is 14.6 Å². The molecule has 1 aromatic carbocycles. The number of carboxylic acids is 1. The molecule has 0 radical (unpaired) electrons. The van der Waals surface area contributed by atoms with Crippen LogP contribution in [0.4, 0.5) is 10.8 Å². The summed E-state index contributed by atoms with van der Waals surface area (Å²) < 4.78 is 5.34. The number of benzene rings is 1. The van der Waals surface area contributed by atoms with Gasteiger partial charge in [0.2, 0.25) is 0 Å². The normalized spacial score (nSPS) is 10.4. The lowest BCUT2D eigenvalue weighted by Gasteiger charge is -2.18. The number of aromatic carboxylic acids is 1. The highest BCUT2D eigenvalue weighted by molar-refractivity contribution is 7.17. The lowest BCUT2D eigenvalue weighted by Crippen LogP contribution is -2.10. The summed E-state index contributed by atoms with van der Waals surface area (Å²) in [5.41, 5.74) is 1.50. The van der Waals surface area contributed by atoms with Gasteiger partial charge in [-0.25, -0.2) is 9.78 Å². The van der Waals surface area contributed by atoms with E-state index in [1.165, 1.54) is 11.3 Å². The highest BCUT2D eigenvalue weighted by Gasteiger charge is 2.20. The van der Waals surface area contributed by atoms with E-state index >= 15 is 0 Å². The first-order valence-electron chi connectivity index (χ1n) is 6.68. The Morgan fingerprint density at radius 1 is 1.43 bits per heavy atom. The van der Waals surface area contributed by atoms with E-state index in [9.17, 15) is 9.90 Å². The topological polar surface area (TPSA) is 62.7 Å². The maximum atomic E-state index is 11.3. The van der Waals surface area contributed by atoms with Crippen LogP contribution in [-0.4, -0.2) is 30.2 Å². The van der Waals surface area contributed by atoms with Crippen molar-refractivity contribution in [1.82, 2.24) is 4.98 Å². The number of carbonyl (C=O) groups is 1. The second-order valence-electron chi connectivity index (χ2n) is 4.56. The molecule has 0 spiro atoms. The Kier molecular flexibility index (Phi) is 4.80. The summed E-state index contributed by atoms with van der Waals surface area (Å²) in [6, 6.07) is 7.58. The molecule has 0 bridgehead atoms. The van der Waals surface area contributed by atoms with Gasteiger partial charge in [0.1, 0.15) is 10.6 Å².